The summed E-state index contributed by atoms with van der Waals surface area (Å²) in [6.07, 6.45) is 0. The second-order valence-corrected chi connectivity index (χ2v) is 7.17. The molecule has 0 saturated heterocycles. The lowest BCUT2D eigenvalue weighted by Gasteiger charge is -2.11. The van der Waals surface area contributed by atoms with E-state index >= 15 is 0 Å². The molecule has 0 unspecified atom stereocenters. The Morgan fingerprint density at radius 2 is 1.88 bits per heavy atom. The van der Waals surface area contributed by atoms with Crippen molar-refractivity contribution in [3.8, 4) is 0 Å². The van der Waals surface area contributed by atoms with Gasteiger partial charge in [-0.3, -0.25) is 9.59 Å². The minimum atomic E-state index is -0.382. The summed E-state index contributed by atoms with van der Waals surface area (Å²) >= 11 is 4.65. The fraction of sp³-hybridized carbons (Fsp3) is 0.0526. The molecule has 26 heavy (non-hydrogen) atoms. The van der Waals surface area contributed by atoms with Gasteiger partial charge < -0.3 is 10.6 Å². The molecule has 0 aliphatic rings. The number of para-hydroxylation sites is 1. The normalized spacial score (nSPS) is 10.4. The van der Waals surface area contributed by atoms with Crippen LogP contribution in [0.25, 0.3) is 0 Å². The molecule has 0 bridgehead atoms. The molecule has 1 heterocycles. The monoisotopic (exact) mass is 432 g/mol. The molecule has 0 saturated carbocycles. The highest BCUT2D eigenvalue weighted by molar-refractivity contribution is 9.10. The SMILES string of the molecule is O=C(Nc1ccccc1C(=O)NCc1cc(F)cc(Br)c1)c1ccsc1. The zero-order valence-electron chi connectivity index (χ0n) is 13.5. The van der Waals surface area contributed by atoms with Crippen molar-refractivity contribution in [3.63, 3.8) is 0 Å². The number of carbonyl (C=O) groups is 2. The zero-order chi connectivity index (χ0) is 18.5. The largest absolute Gasteiger partial charge is 0.348 e. The lowest BCUT2D eigenvalue weighted by Crippen LogP contribution is -2.24. The average Bonchev–Trinajstić information content (AvgIpc) is 3.14. The molecule has 2 amide bonds. The third-order valence-corrected chi connectivity index (χ3v) is 4.72. The van der Waals surface area contributed by atoms with Gasteiger partial charge in [-0.1, -0.05) is 28.1 Å². The van der Waals surface area contributed by atoms with E-state index < -0.39 is 0 Å². The molecule has 3 aromatic rings. The van der Waals surface area contributed by atoms with Gasteiger partial charge in [-0.15, -0.1) is 0 Å². The van der Waals surface area contributed by atoms with Gasteiger partial charge in [-0.2, -0.15) is 11.3 Å². The number of amides is 2. The Bertz CT molecular complexity index is 924. The summed E-state index contributed by atoms with van der Waals surface area (Å²) in [6, 6.07) is 12.9. The quantitative estimate of drug-likeness (QED) is 0.606. The Morgan fingerprint density at radius 3 is 2.62 bits per heavy atom. The van der Waals surface area contributed by atoms with Gasteiger partial charge in [0.1, 0.15) is 5.82 Å². The first kappa shape index (κ1) is 18.3. The first-order valence-corrected chi connectivity index (χ1v) is 9.42. The molecule has 0 spiro atoms. The van der Waals surface area contributed by atoms with Crippen LogP contribution in [0.3, 0.4) is 0 Å². The van der Waals surface area contributed by atoms with Gasteiger partial charge in [0, 0.05) is 16.4 Å². The Morgan fingerprint density at radius 1 is 1.08 bits per heavy atom. The molecule has 0 aliphatic heterocycles. The van der Waals surface area contributed by atoms with Crippen LogP contribution < -0.4 is 10.6 Å². The highest BCUT2D eigenvalue weighted by Gasteiger charge is 2.14. The molecule has 7 heteroatoms. The third-order valence-electron chi connectivity index (χ3n) is 3.58. The van der Waals surface area contributed by atoms with Crippen LogP contribution >= 0.6 is 27.3 Å². The Kier molecular flexibility index (Phi) is 5.80. The molecule has 0 atom stereocenters. The molecule has 0 radical (unpaired) electrons. The summed E-state index contributed by atoms with van der Waals surface area (Å²) in [4.78, 5) is 24.7. The summed E-state index contributed by atoms with van der Waals surface area (Å²) in [5.41, 5.74) is 1.92. The van der Waals surface area contributed by atoms with E-state index in [0.29, 0.717) is 26.9 Å². The Labute approximate surface area is 162 Å². The number of carbonyl (C=O) groups excluding carboxylic acids is 2. The van der Waals surface area contributed by atoms with E-state index in [1.807, 2.05) is 5.38 Å². The van der Waals surface area contributed by atoms with Gasteiger partial charge in [0.05, 0.1) is 16.8 Å². The van der Waals surface area contributed by atoms with Crippen LogP contribution in [-0.4, -0.2) is 11.8 Å². The van der Waals surface area contributed by atoms with Crippen molar-refractivity contribution in [2.75, 3.05) is 5.32 Å². The van der Waals surface area contributed by atoms with E-state index in [-0.39, 0.29) is 24.2 Å². The molecule has 132 valence electrons. The van der Waals surface area contributed by atoms with Crippen molar-refractivity contribution < 1.29 is 14.0 Å². The van der Waals surface area contributed by atoms with E-state index in [2.05, 4.69) is 26.6 Å². The minimum Gasteiger partial charge on any atom is -0.348 e. The van der Waals surface area contributed by atoms with E-state index in [1.54, 1.807) is 41.8 Å². The van der Waals surface area contributed by atoms with Crippen molar-refractivity contribution in [3.05, 3.63) is 86.3 Å². The Balaban J connectivity index is 1.72. The molecule has 0 aliphatic carbocycles. The minimum absolute atomic E-state index is 0.169. The number of halogens is 2. The van der Waals surface area contributed by atoms with Gasteiger partial charge in [0.2, 0.25) is 0 Å². The predicted octanol–water partition coefficient (Wildman–Crippen LogP) is 4.83. The van der Waals surface area contributed by atoms with Crippen LogP contribution in [0, 0.1) is 5.82 Å². The predicted molar refractivity (Wildman–Crippen MR) is 104 cm³/mol. The van der Waals surface area contributed by atoms with Crippen molar-refractivity contribution in [2.24, 2.45) is 0 Å². The standard InChI is InChI=1S/C19H14BrFN2O2S/c20-14-7-12(8-15(21)9-14)10-22-19(25)16-3-1-2-4-17(16)23-18(24)13-5-6-26-11-13/h1-9,11H,10H2,(H,22,25)(H,23,24). The first-order valence-electron chi connectivity index (χ1n) is 7.68. The lowest BCUT2D eigenvalue weighted by atomic mass is 10.1. The highest BCUT2D eigenvalue weighted by Crippen LogP contribution is 2.18. The van der Waals surface area contributed by atoms with E-state index in [9.17, 15) is 14.0 Å². The Hall–Kier alpha value is -2.51. The van der Waals surface area contributed by atoms with E-state index in [0.717, 1.165) is 0 Å². The summed E-state index contributed by atoms with van der Waals surface area (Å²) in [5.74, 6) is -1.01. The van der Waals surface area contributed by atoms with Gasteiger partial charge >= 0.3 is 0 Å². The molecule has 3 rings (SSSR count). The van der Waals surface area contributed by atoms with Gasteiger partial charge in [0.25, 0.3) is 11.8 Å². The zero-order valence-corrected chi connectivity index (χ0v) is 15.9. The van der Waals surface area contributed by atoms with Gasteiger partial charge in [-0.05, 0) is 47.3 Å². The molecule has 2 N–H and O–H groups in total. The molecule has 4 nitrogen and oxygen atoms in total. The van der Waals surface area contributed by atoms with Crippen molar-refractivity contribution in [1.82, 2.24) is 5.32 Å². The number of rotatable bonds is 5. The summed E-state index contributed by atoms with van der Waals surface area (Å²) in [6.45, 7) is 0.169. The lowest BCUT2D eigenvalue weighted by molar-refractivity contribution is 0.0951. The van der Waals surface area contributed by atoms with Crippen LogP contribution in [0.1, 0.15) is 26.3 Å². The molecule has 0 fully saturated rings. The molecule has 1 aromatic heterocycles. The van der Waals surface area contributed by atoms with Gasteiger partial charge in [0.15, 0.2) is 0 Å². The second-order valence-electron chi connectivity index (χ2n) is 5.47. The fourth-order valence-electron chi connectivity index (χ4n) is 2.37. The molecular weight excluding hydrogens is 419 g/mol. The number of benzene rings is 2. The topological polar surface area (TPSA) is 58.2 Å². The molecular formula is C19H14BrFN2O2S. The first-order chi connectivity index (χ1) is 12.5. The number of hydrogen-bond donors (Lipinski definition) is 2. The maximum Gasteiger partial charge on any atom is 0.256 e. The average molecular weight is 433 g/mol. The maximum absolute atomic E-state index is 13.4. The van der Waals surface area contributed by atoms with E-state index in [1.165, 1.54) is 23.5 Å². The summed E-state index contributed by atoms with van der Waals surface area (Å²) in [7, 11) is 0. The second kappa shape index (κ2) is 8.25. The summed E-state index contributed by atoms with van der Waals surface area (Å²) < 4.78 is 14.0. The van der Waals surface area contributed by atoms with Crippen molar-refractivity contribution >= 4 is 44.8 Å². The summed E-state index contributed by atoms with van der Waals surface area (Å²) in [5, 5.41) is 9.04. The van der Waals surface area contributed by atoms with Crippen LogP contribution in [-0.2, 0) is 6.54 Å². The van der Waals surface area contributed by atoms with Crippen molar-refractivity contribution in [2.45, 2.75) is 6.54 Å². The number of nitrogens with one attached hydrogen (secondary N) is 2. The fourth-order valence-corrected chi connectivity index (χ4v) is 3.52. The van der Waals surface area contributed by atoms with Crippen LogP contribution in [0.5, 0.6) is 0 Å². The molecule has 2 aromatic carbocycles. The maximum atomic E-state index is 13.4. The van der Waals surface area contributed by atoms with E-state index in [4.69, 9.17) is 0 Å². The van der Waals surface area contributed by atoms with Crippen LogP contribution in [0.2, 0.25) is 0 Å². The van der Waals surface area contributed by atoms with Crippen LogP contribution in [0.4, 0.5) is 10.1 Å². The highest BCUT2D eigenvalue weighted by atomic mass is 79.9. The number of hydrogen-bond acceptors (Lipinski definition) is 3. The number of thiophene rings is 1. The smallest absolute Gasteiger partial charge is 0.256 e. The van der Waals surface area contributed by atoms with Crippen LogP contribution in [0.15, 0.2) is 63.8 Å². The van der Waals surface area contributed by atoms with Gasteiger partial charge in [-0.25, -0.2) is 4.39 Å². The van der Waals surface area contributed by atoms with Crippen molar-refractivity contribution in [1.29, 1.82) is 0 Å². The number of anilines is 1. The third kappa shape index (κ3) is 4.56.